The lowest BCUT2D eigenvalue weighted by atomic mass is 10.0. The molecule has 3 heterocycles. The molecule has 5 atom stereocenters. The molecule has 2 aromatic carbocycles. The van der Waals surface area contributed by atoms with Gasteiger partial charge in [0.05, 0.1) is 24.8 Å². The van der Waals surface area contributed by atoms with Crippen molar-refractivity contribution in [1.29, 1.82) is 0 Å². The van der Waals surface area contributed by atoms with Crippen molar-refractivity contribution < 1.29 is 41.1 Å². The van der Waals surface area contributed by atoms with Crippen LogP contribution in [0.15, 0.2) is 53.9 Å². The summed E-state index contributed by atoms with van der Waals surface area (Å²) in [5.74, 6) is -4.26. The molecule has 1 saturated carbocycles. The van der Waals surface area contributed by atoms with Crippen LogP contribution in [0.5, 0.6) is 0 Å². The van der Waals surface area contributed by atoms with E-state index in [1.807, 2.05) is 4.72 Å². The maximum atomic E-state index is 14.3. The number of rotatable bonds is 2. The number of fused-ring (bicyclic) bond motifs is 3. The number of hydrogen-bond donors (Lipinski definition) is 4. The highest BCUT2D eigenvalue weighted by Crippen LogP contribution is 2.45. The van der Waals surface area contributed by atoms with E-state index in [0.717, 1.165) is 31.4 Å². The van der Waals surface area contributed by atoms with E-state index >= 15 is 0 Å². The van der Waals surface area contributed by atoms with Crippen LogP contribution in [0, 0.1) is 17.6 Å². The number of carbonyl (C=O) groups excluding carboxylic acids is 4. The number of sulfonamides is 1. The topological polar surface area (TPSA) is 180 Å². The molecule has 16 heteroatoms. The Labute approximate surface area is 295 Å². The third kappa shape index (κ3) is 7.56. The number of nitrogens with one attached hydrogen (secondary N) is 3. The van der Waals surface area contributed by atoms with Gasteiger partial charge >= 0.3 is 6.09 Å². The molecule has 2 aromatic rings. The fourth-order valence-electron chi connectivity index (χ4n) is 7.15. The molecule has 13 nitrogen and oxygen atoms in total. The Kier molecular flexibility index (Phi) is 10.4. The van der Waals surface area contributed by atoms with Crippen LogP contribution in [0.2, 0.25) is 0 Å². The van der Waals surface area contributed by atoms with E-state index in [1.54, 1.807) is 12.1 Å². The lowest BCUT2D eigenvalue weighted by Crippen LogP contribution is -2.57. The summed E-state index contributed by atoms with van der Waals surface area (Å²) in [6.07, 6.45) is 3.68. The van der Waals surface area contributed by atoms with E-state index in [2.05, 4.69) is 17.2 Å². The van der Waals surface area contributed by atoms with E-state index < -0.39 is 80.0 Å². The zero-order chi connectivity index (χ0) is 36.5. The molecule has 1 saturated heterocycles. The van der Waals surface area contributed by atoms with Crippen LogP contribution >= 0.6 is 0 Å². The van der Waals surface area contributed by atoms with Crippen molar-refractivity contribution in [2.24, 2.45) is 11.7 Å². The van der Waals surface area contributed by atoms with E-state index in [1.165, 1.54) is 28.0 Å². The maximum Gasteiger partial charge on any atom is 0.410 e. The molecule has 0 unspecified atom stereocenters. The number of hydrogen-bond acceptors (Lipinski definition) is 9. The molecular weight excluding hydrogens is 686 g/mol. The molecule has 51 heavy (non-hydrogen) atoms. The number of halogens is 2. The van der Waals surface area contributed by atoms with Gasteiger partial charge in [-0.25, -0.2) is 26.7 Å². The largest absolute Gasteiger partial charge is 0.444 e. The number of anilines is 1. The number of nitrogens with zero attached hydrogens (tertiary/aromatic N) is 2. The highest BCUT2D eigenvalue weighted by Gasteiger charge is 2.61. The minimum absolute atomic E-state index is 0.00164. The summed E-state index contributed by atoms with van der Waals surface area (Å²) in [4.78, 5) is 56.8. The smallest absolute Gasteiger partial charge is 0.410 e. The third-order valence-electron chi connectivity index (χ3n) is 10.1. The molecule has 3 aliphatic heterocycles. The van der Waals surface area contributed by atoms with Gasteiger partial charge in [-0.3, -0.25) is 19.3 Å². The summed E-state index contributed by atoms with van der Waals surface area (Å²) in [5.41, 5.74) is 5.77. The first-order chi connectivity index (χ1) is 24.3. The van der Waals surface area contributed by atoms with Gasteiger partial charge in [0.2, 0.25) is 11.8 Å². The van der Waals surface area contributed by atoms with Crippen LogP contribution in [0.1, 0.15) is 62.5 Å². The van der Waals surface area contributed by atoms with Crippen LogP contribution in [-0.2, 0) is 42.2 Å². The van der Waals surface area contributed by atoms with Gasteiger partial charge < -0.3 is 26.0 Å². The van der Waals surface area contributed by atoms with Crippen molar-refractivity contribution in [1.82, 2.24) is 19.8 Å². The van der Waals surface area contributed by atoms with E-state index in [0.29, 0.717) is 36.9 Å². The maximum absolute atomic E-state index is 14.3. The van der Waals surface area contributed by atoms with Gasteiger partial charge in [-0.1, -0.05) is 43.9 Å². The molecule has 6 rings (SSSR count). The number of ether oxygens (including phenoxy) is 1. The van der Waals surface area contributed by atoms with E-state index in [9.17, 15) is 36.4 Å². The van der Waals surface area contributed by atoms with Gasteiger partial charge in [-0.15, -0.1) is 6.58 Å². The number of carbonyl (C=O) groups is 4. The lowest BCUT2D eigenvalue weighted by molar-refractivity contribution is -0.140. The molecule has 2 fully saturated rings. The van der Waals surface area contributed by atoms with Crippen LogP contribution in [0.4, 0.5) is 19.3 Å². The monoisotopic (exact) mass is 728 g/mol. The molecule has 1 aliphatic carbocycles. The average Bonchev–Trinajstić information content (AvgIpc) is 3.39. The molecule has 0 aromatic heterocycles. The first-order valence-corrected chi connectivity index (χ1v) is 18.6. The van der Waals surface area contributed by atoms with E-state index in [-0.39, 0.29) is 38.2 Å². The highest BCUT2D eigenvalue weighted by molar-refractivity contribution is 7.90. The predicted octanol–water partition coefficient (Wildman–Crippen LogP) is 3.05. The summed E-state index contributed by atoms with van der Waals surface area (Å²) in [6.45, 7) is 4.09. The third-order valence-corrected chi connectivity index (χ3v) is 11.5. The Morgan fingerprint density at radius 2 is 1.82 bits per heavy atom. The minimum Gasteiger partial charge on any atom is -0.444 e. The molecule has 0 radical (unpaired) electrons. The molecule has 1 spiro atoms. The normalized spacial score (nSPS) is 28.4. The van der Waals surface area contributed by atoms with Gasteiger partial charge in [0.15, 0.2) is 0 Å². The van der Waals surface area contributed by atoms with Crippen LogP contribution in [-0.4, -0.2) is 78.8 Å². The Bertz CT molecular complexity index is 1840. The summed E-state index contributed by atoms with van der Waals surface area (Å²) < 4.78 is 63.4. The van der Waals surface area contributed by atoms with Crippen molar-refractivity contribution in [3.63, 3.8) is 0 Å². The Balaban J connectivity index is 1.24. The minimum atomic E-state index is -4.62. The van der Waals surface area contributed by atoms with Gasteiger partial charge in [0.25, 0.3) is 15.9 Å². The predicted molar refractivity (Wildman–Crippen MR) is 181 cm³/mol. The summed E-state index contributed by atoms with van der Waals surface area (Å²) in [5, 5.41) is 5.68. The molecule has 0 bridgehead atoms. The van der Waals surface area contributed by atoms with Gasteiger partial charge in [-0.05, 0) is 49.1 Å². The molecule has 5 N–H and O–H groups in total. The first-order valence-electron chi connectivity index (χ1n) is 17.2. The quantitative estimate of drug-likeness (QED) is 0.338. The second-order valence-electron chi connectivity index (χ2n) is 13.7. The molecule has 4 aliphatic rings. The zero-order valence-corrected chi connectivity index (χ0v) is 28.9. The Hall–Kier alpha value is -4.57. The molecular formula is C35H42F2N6O7S. The summed E-state index contributed by atoms with van der Waals surface area (Å²) >= 11 is 0. The fourth-order valence-corrected chi connectivity index (χ4v) is 8.38. The van der Waals surface area contributed by atoms with Crippen LogP contribution in [0.25, 0.3) is 0 Å². The second kappa shape index (κ2) is 14.6. The first kappa shape index (κ1) is 36.2. The lowest BCUT2D eigenvalue weighted by Gasteiger charge is -2.28. The number of benzene rings is 2. The van der Waals surface area contributed by atoms with Crippen molar-refractivity contribution in [3.05, 3.63) is 71.8 Å². The number of amides is 4. The summed E-state index contributed by atoms with van der Waals surface area (Å²) in [7, 11) is -4.62. The number of nitrogens with two attached hydrogens (primary N) is 1. The zero-order valence-electron chi connectivity index (χ0n) is 28.0. The molecule has 4 amide bonds. The highest BCUT2D eigenvalue weighted by atomic mass is 32.2. The van der Waals surface area contributed by atoms with Crippen LogP contribution in [0.3, 0.4) is 0 Å². The van der Waals surface area contributed by atoms with Gasteiger partial charge in [-0.2, -0.15) is 0 Å². The standard InChI is InChI=1S/C35H42F2N6O7S/c1-2-22-17-35(22)33(46)41-51(48,49)30-15-23(36)12-13-28(30)39-14-7-5-3-4-6-11-27(38)32(45)43-19-24(16-29(43)31(44)40-35)50-34(47)42-18-21-9-8-10-26(37)25(21)20-42/h2,8-10,12-13,15,22,24,27,29,39H,1,3-7,11,14,16-20,38H2,(H,40,44)(H,41,46)/t22-,24-,27+,29+,35-/m1/s1. The summed E-state index contributed by atoms with van der Waals surface area (Å²) in [6, 6.07) is 5.65. The SMILES string of the molecule is C=C[C@@H]1C[C@@]12NC(=O)[C@@H]1C[C@@H](OC(=O)N3Cc4cccc(F)c4C3)CN1C(=O)[C@@H](N)CCCCCCCNc1ccc(F)cc1S(=O)(=O)NC2=O. The molecule has 274 valence electrons. The van der Waals surface area contributed by atoms with Crippen molar-refractivity contribution in [2.45, 2.75) is 93.1 Å². The Morgan fingerprint density at radius 3 is 2.57 bits per heavy atom. The van der Waals surface area contributed by atoms with Gasteiger partial charge in [0.1, 0.15) is 34.2 Å². The van der Waals surface area contributed by atoms with Crippen molar-refractivity contribution >= 4 is 39.5 Å². The second-order valence-corrected chi connectivity index (χ2v) is 15.3. The fraction of sp³-hybridized carbons (Fsp3) is 0.486. The van der Waals surface area contributed by atoms with Gasteiger partial charge in [0, 0.05) is 31.0 Å². The average molecular weight is 729 g/mol. The van der Waals surface area contributed by atoms with Crippen molar-refractivity contribution in [3.8, 4) is 0 Å². The van der Waals surface area contributed by atoms with E-state index in [4.69, 9.17) is 10.5 Å². The Morgan fingerprint density at radius 1 is 1.06 bits per heavy atom. The van der Waals surface area contributed by atoms with Crippen LogP contribution < -0.4 is 21.1 Å². The van der Waals surface area contributed by atoms with Crippen molar-refractivity contribution in [2.75, 3.05) is 18.4 Å².